The fourth-order valence-corrected chi connectivity index (χ4v) is 1.61. The molecule has 18 heavy (non-hydrogen) atoms. The number of rotatable bonds is 2. The average molecular weight is 263 g/mol. The zero-order valence-corrected chi connectivity index (χ0v) is 10.4. The van der Waals surface area contributed by atoms with Crippen molar-refractivity contribution in [3.8, 4) is 11.5 Å². The molecule has 0 fully saturated rings. The maximum atomic E-state index is 11.8. The summed E-state index contributed by atoms with van der Waals surface area (Å²) in [5.74, 6) is -0.382. The van der Waals surface area contributed by atoms with Crippen molar-refractivity contribution in [1.82, 2.24) is 0 Å². The van der Waals surface area contributed by atoms with Crippen molar-refractivity contribution in [2.75, 3.05) is 0 Å². The monoisotopic (exact) mass is 262 g/mol. The number of hydrogen-bond donors (Lipinski definition) is 1. The third-order valence-corrected chi connectivity index (χ3v) is 2.65. The van der Waals surface area contributed by atoms with E-state index in [1.807, 2.05) is 19.1 Å². The Morgan fingerprint density at radius 1 is 1.17 bits per heavy atom. The van der Waals surface area contributed by atoms with Crippen LogP contribution >= 0.6 is 11.6 Å². The number of halogens is 1. The Kier molecular flexibility index (Phi) is 3.53. The molecule has 1 N–H and O–H groups in total. The number of phenolic OH excluding ortho intramolecular Hbond substituents is 1. The molecule has 0 saturated carbocycles. The predicted octanol–water partition coefficient (Wildman–Crippen LogP) is 3.57. The van der Waals surface area contributed by atoms with E-state index in [4.69, 9.17) is 16.3 Å². The van der Waals surface area contributed by atoms with Gasteiger partial charge in [-0.05, 0) is 37.3 Å². The van der Waals surface area contributed by atoms with Crippen LogP contribution in [0, 0.1) is 6.92 Å². The Labute approximate surface area is 110 Å². The first-order valence-electron chi connectivity index (χ1n) is 5.33. The second-order valence-corrected chi connectivity index (χ2v) is 4.30. The van der Waals surface area contributed by atoms with Crippen molar-refractivity contribution < 1.29 is 14.6 Å². The van der Waals surface area contributed by atoms with E-state index in [-0.39, 0.29) is 11.3 Å². The molecule has 3 nitrogen and oxygen atoms in total. The van der Waals surface area contributed by atoms with E-state index in [1.165, 1.54) is 18.2 Å². The minimum Gasteiger partial charge on any atom is -0.507 e. The lowest BCUT2D eigenvalue weighted by atomic mass is 10.2. The molecule has 0 radical (unpaired) electrons. The third kappa shape index (κ3) is 2.81. The maximum absolute atomic E-state index is 11.8. The lowest BCUT2D eigenvalue weighted by Crippen LogP contribution is -2.08. The van der Waals surface area contributed by atoms with Gasteiger partial charge in [-0.1, -0.05) is 29.3 Å². The normalized spacial score (nSPS) is 10.1. The molecule has 0 aromatic heterocycles. The first-order valence-corrected chi connectivity index (χ1v) is 5.71. The first-order chi connectivity index (χ1) is 8.56. The molecular formula is C14H11ClO3. The van der Waals surface area contributed by atoms with Crippen molar-refractivity contribution in [2.45, 2.75) is 6.92 Å². The number of phenols is 1. The summed E-state index contributed by atoms with van der Waals surface area (Å²) in [6.45, 7) is 1.94. The Bertz CT molecular complexity index is 576. The highest BCUT2D eigenvalue weighted by Crippen LogP contribution is 2.23. The molecular weight excluding hydrogens is 252 g/mol. The SMILES string of the molecule is Cc1ccc(OC(=O)c2ccc(Cl)cc2O)cc1. The molecule has 0 bridgehead atoms. The fraction of sp³-hybridized carbons (Fsp3) is 0.0714. The number of hydrogen-bond acceptors (Lipinski definition) is 3. The third-order valence-electron chi connectivity index (χ3n) is 2.41. The van der Waals surface area contributed by atoms with Crippen LogP contribution in [0.15, 0.2) is 42.5 Å². The largest absolute Gasteiger partial charge is 0.507 e. The molecule has 0 spiro atoms. The Hall–Kier alpha value is -2.00. The van der Waals surface area contributed by atoms with E-state index in [2.05, 4.69) is 0 Å². The van der Waals surface area contributed by atoms with Gasteiger partial charge in [-0.3, -0.25) is 0 Å². The second-order valence-electron chi connectivity index (χ2n) is 3.86. The van der Waals surface area contributed by atoms with E-state index < -0.39 is 5.97 Å². The van der Waals surface area contributed by atoms with E-state index in [9.17, 15) is 9.90 Å². The molecule has 0 atom stereocenters. The summed E-state index contributed by atoms with van der Waals surface area (Å²) in [4.78, 5) is 11.8. The van der Waals surface area contributed by atoms with Crippen LogP contribution in [-0.2, 0) is 0 Å². The van der Waals surface area contributed by atoms with Gasteiger partial charge in [-0.15, -0.1) is 0 Å². The van der Waals surface area contributed by atoms with Crippen molar-refractivity contribution >= 4 is 17.6 Å². The number of benzene rings is 2. The molecule has 2 aromatic carbocycles. The average Bonchev–Trinajstić information content (AvgIpc) is 2.32. The lowest BCUT2D eigenvalue weighted by molar-refractivity contribution is 0.0731. The van der Waals surface area contributed by atoms with E-state index in [0.717, 1.165) is 5.56 Å². The predicted molar refractivity (Wildman–Crippen MR) is 69.3 cm³/mol. The summed E-state index contributed by atoms with van der Waals surface area (Å²) >= 11 is 5.69. The highest BCUT2D eigenvalue weighted by Gasteiger charge is 2.13. The van der Waals surface area contributed by atoms with Gasteiger partial charge in [0, 0.05) is 5.02 Å². The van der Waals surface area contributed by atoms with Gasteiger partial charge in [0.2, 0.25) is 0 Å². The molecule has 4 heteroatoms. The molecule has 0 aliphatic carbocycles. The van der Waals surface area contributed by atoms with Gasteiger partial charge < -0.3 is 9.84 Å². The zero-order valence-electron chi connectivity index (χ0n) is 9.68. The first kappa shape index (κ1) is 12.5. The second kappa shape index (κ2) is 5.10. The molecule has 0 saturated heterocycles. The van der Waals surface area contributed by atoms with Crippen LogP contribution < -0.4 is 4.74 Å². The van der Waals surface area contributed by atoms with Crippen molar-refractivity contribution in [1.29, 1.82) is 0 Å². The summed E-state index contributed by atoms with van der Waals surface area (Å²) in [5, 5.41) is 9.96. The number of esters is 1. The fourth-order valence-electron chi connectivity index (χ4n) is 1.45. The topological polar surface area (TPSA) is 46.5 Å². The smallest absolute Gasteiger partial charge is 0.347 e. The van der Waals surface area contributed by atoms with Gasteiger partial charge in [-0.25, -0.2) is 4.79 Å². The molecule has 0 heterocycles. The highest BCUT2D eigenvalue weighted by molar-refractivity contribution is 6.30. The quantitative estimate of drug-likeness (QED) is 0.665. The van der Waals surface area contributed by atoms with Crippen LogP contribution in [0.4, 0.5) is 0 Å². The highest BCUT2D eigenvalue weighted by atomic mass is 35.5. The van der Waals surface area contributed by atoms with Crippen LogP contribution in [0.2, 0.25) is 5.02 Å². The molecule has 0 amide bonds. The number of aryl methyl sites for hydroxylation is 1. The molecule has 0 aliphatic heterocycles. The summed E-state index contributed by atoms with van der Waals surface area (Å²) < 4.78 is 5.13. The van der Waals surface area contributed by atoms with Crippen LogP contribution in [-0.4, -0.2) is 11.1 Å². The minimum absolute atomic E-state index is 0.0833. The number of ether oxygens (including phenoxy) is 1. The van der Waals surface area contributed by atoms with Gasteiger partial charge in [0.1, 0.15) is 17.1 Å². The molecule has 2 aromatic rings. The van der Waals surface area contributed by atoms with Gasteiger partial charge >= 0.3 is 5.97 Å². The summed E-state index contributed by atoms with van der Waals surface area (Å²) in [7, 11) is 0. The number of aromatic hydroxyl groups is 1. The molecule has 0 aliphatic rings. The molecule has 92 valence electrons. The van der Waals surface area contributed by atoms with Gasteiger partial charge in [-0.2, -0.15) is 0 Å². The maximum Gasteiger partial charge on any atom is 0.347 e. The van der Waals surface area contributed by atoms with E-state index in [1.54, 1.807) is 12.1 Å². The van der Waals surface area contributed by atoms with Gasteiger partial charge in [0.05, 0.1) is 0 Å². The standard InChI is InChI=1S/C14H11ClO3/c1-9-2-5-11(6-3-9)18-14(17)12-7-4-10(15)8-13(12)16/h2-8,16H,1H3. The van der Waals surface area contributed by atoms with E-state index in [0.29, 0.717) is 10.8 Å². The van der Waals surface area contributed by atoms with Crippen molar-refractivity contribution in [3.63, 3.8) is 0 Å². The number of carbonyl (C=O) groups excluding carboxylic acids is 1. The zero-order chi connectivity index (χ0) is 13.1. The van der Waals surface area contributed by atoms with Crippen LogP contribution in [0.5, 0.6) is 11.5 Å². The van der Waals surface area contributed by atoms with Crippen molar-refractivity contribution in [2.24, 2.45) is 0 Å². The van der Waals surface area contributed by atoms with E-state index >= 15 is 0 Å². The van der Waals surface area contributed by atoms with Crippen LogP contribution in [0.25, 0.3) is 0 Å². The van der Waals surface area contributed by atoms with Crippen LogP contribution in [0.3, 0.4) is 0 Å². The van der Waals surface area contributed by atoms with Gasteiger partial charge in [0.15, 0.2) is 0 Å². The van der Waals surface area contributed by atoms with Gasteiger partial charge in [0.25, 0.3) is 0 Å². The van der Waals surface area contributed by atoms with Crippen LogP contribution in [0.1, 0.15) is 15.9 Å². The summed E-state index contributed by atoms with van der Waals surface area (Å²) in [6.07, 6.45) is 0. The molecule has 2 rings (SSSR count). The summed E-state index contributed by atoms with van der Waals surface area (Å²) in [5.41, 5.74) is 1.16. The minimum atomic E-state index is -0.618. The van der Waals surface area contributed by atoms with Crippen molar-refractivity contribution in [3.05, 3.63) is 58.6 Å². The Balaban J connectivity index is 2.19. The molecule has 0 unspecified atom stereocenters. The lowest BCUT2D eigenvalue weighted by Gasteiger charge is -2.06. The summed E-state index contributed by atoms with van der Waals surface area (Å²) in [6, 6.07) is 11.3. The number of carbonyl (C=O) groups is 1. The Morgan fingerprint density at radius 3 is 2.44 bits per heavy atom. The Morgan fingerprint density at radius 2 is 1.83 bits per heavy atom.